The Balaban J connectivity index is 1.43. The summed E-state index contributed by atoms with van der Waals surface area (Å²) >= 11 is 0. The third-order valence-electron chi connectivity index (χ3n) is 7.22. The quantitative estimate of drug-likeness (QED) is 0.313. The molecular weight excluding hydrogens is 523 g/mol. The van der Waals surface area contributed by atoms with Gasteiger partial charge in [0.2, 0.25) is 0 Å². The first-order valence-electron chi connectivity index (χ1n) is 12.8. The van der Waals surface area contributed by atoms with Crippen LogP contribution in [0.1, 0.15) is 58.4 Å². The van der Waals surface area contributed by atoms with Gasteiger partial charge in [-0.1, -0.05) is 0 Å². The second-order valence-electron chi connectivity index (χ2n) is 9.83. The van der Waals surface area contributed by atoms with Gasteiger partial charge in [0.05, 0.1) is 47.4 Å². The summed E-state index contributed by atoms with van der Waals surface area (Å²) in [5, 5.41) is 5.28. The Labute approximate surface area is 227 Å². The average molecular weight is 550 g/mol. The average Bonchev–Trinajstić information content (AvgIpc) is 3.62. The lowest BCUT2D eigenvalue weighted by molar-refractivity contribution is -0.137. The van der Waals surface area contributed by atoms with Gasteiger partial charge in [-0.15, -0.1) is 0 Å². The molecule has 1 aliphatic rings. The van der Waals surface area contributed by atoms with Crippen LogP contribution in [0.25, 0.3) is 16.6 Å². The fraction of sp³-hybridized carbons (Fsp3) is 0.286. The Hall–Kier alpha value is -4.45. The zero-order valence-corrected chi connectivity index (χ0v) is 22.0. The smallest absolute Gasteiger partial charge is 0.383 e. The molecule has 0 aliphatic carbocycles. The van der Waals surface area contributed by atoms with E-state index >= 15 is 0 Å². The van der Waals surface area contributed by atoms with E-state index in [-0.39, 0.29) is 18.6 Å². The zero-order chi connectivity index (χ0) is 28.3. The van der Waals surface area contributed by atoms with Crippen molar-refractivity contribution in [2.75, 3.05) is 10.6 Å². The summed E-state index contributed by atoms with van der Waals surface area (Å²) in [6, 6.07) is 7.53. The number of aromatic nitrogens is 5. The first kappa shape index (κ1) is 25.8. The predicted molar refractivity (Wildman–Crippen MR) is 143 cm³/mol. The number of hydrogen-bond donors (Lipinski definition) is 1. The maximum absolute atomic E-state index is 14.1. The van der Waals surface area contributed by atoms with E-state index in [1.54, 1.807) is 40.9 Å². The van der Waals surface area contributed by atoms with Crippen LogP contribution in [0.2, 0.25) is 0 Å². The number of fused-ring (bicyclic) bond motifs is 4. The molecule has 0 bridgehead atoms. The third-order valence-corrected chi connectivity index (χ3v) is 7.22. The van der Waals surface area contributed by atoms with Gasteiger partial charge in [0, 0.05) is 41.6 Å². The molecule has 0 radical (unpaired) electrons. The minimum Gasteiger partial charge on any atom is -0.383 e. The molecule has 206 valence electrons. The number of carbonyl (C=O) groups is 1. The highest BCUT2D eigenvalue weighted by Crippen LogP contribution is 2.38. The Kier molecular flexibility index (Phi) is 6.02. The van der Waals surface area contributed by atoms with Crippen LogP contribution in [0.3, 0.4) is 0 Å². The van der Waals surface area contributed by atoms with Gasteiger partial charge in [0.1, 0.15) is 11.5 Å². The van der Waals surface area contributed by atoms with Crippen LogP contribution in [-0.2, 0) is 30.6 Å². The molecule has 1 aliphatic heterocycles. The van der Waals surface area contributed by atoms with Crippen molar-refractivity contribution >= 4 is 34.0 Å². The molecular formula is C28H26F3N7O2. The van der Waals surface area contributed by atoms with E-state index in [4.69, 9.17) is 10.5 Å². The molecule has 0 saturated heterocycles. The lowest BCUT2D eigenvalue weighted by Gasteiger charge is -2.21. The van der Waals surface area contributed by atoms with Gasteiger partial charge in [-0.2, -0.15) is 18.3 Å². The molecule has 9 nitrogen and oxygen atoms in total. The second-order valence-corrected chi connectivity index (χ2v) is 9.83. The van der Waals surface area contributed by atoms with E-state index in [1.165, 1.54) is 16.7 Å². The van der Waals surface area contributed by atoms with Crippen LogP contribution >= 0.6 is 0 Å². The number of nitrogens with two attached hydrogens (primary N) is 1. The highest BCUT2D eigenvalue weighted by molar-refractivity contribution is 6.08. The number of rotatable bonds is 5. The maximum Gasteiger partial charge on any atom is 0.417 e. The minimum atomic E-state index is -4.48. The number of alkyl halides is 3. The fourth-order valence-electron chi connectivity index (χ4n) is 5.21. The lowest BCUT2D eigenvalue weighted by atomic mass is 10.00. The number of carbonyl (C=O) groups excluding carboxylic acids is 1. The fourth-order valence-corrected chi connectivity index (χ4v) is 5.21. The standard InChI is InChI=1S/C28H26F3N7O2/c1-4-37-13-23(15(2)35-37)38(12-19-11-36-10-18(28(29,30)31)6-8-24(36)33-19)27(39)17-5-7-22-20(9-17)21-14-40-16(3)25(21)26(32)34-22/h5-11,13,16H,4,12,14H2,1-3H3,(H2,32,34)/t16-/m1/s1. The molecule has 40 heavy (non-hydrogen) atoms. The normalized spacial score (nSPS) is 15.2. The summed E-state index contributed by atoms with van der Waals surface area (Å²) in [4.78, 5) is 24.6. The molecule has 1 atom stereocenters. The van der Waals surface area contributed by atoms with E-state index in [0.29, 0.717) is 52.8 Å². The number of halogens is 3. The summed E-state index contributed by atoms with van der Waals surface area (Å²) in [6.07, 6.45) is -0.405. The van der Waals surface area contributed by atoms with E-state index < -0.39 is 11.7 Å². The van der Waals surface area contributed by atoms with Crippen molar-refractivity contribution in [2.45, 2.75) is 52.7 Å². The van der Waals surface area contributed by atoms with Crippen molar-refractivity contribution in [3.63, 3.8) is 0 Å². The number of amides is 1. The SMILES string of the molecule is CCn1cc(N(Cc2cn3cc(C(F)(F)F)ccc3n2)C(=O)c2ccc3nc(N)c4c(c3c2)CO[C@@H]4C)c(C)n1. The van der Waals surface area contributed by atoms with Gasteiger partial charge in [-0.25, -0.2) is 9.97 Å². The molecule has 2 N–H and O–H groups in total. The molecule has 4 aromatic heterocycles. The van der Waals surface area contributed by atoms with E-state index in [1.807, 2.05) is 13.8 Å². The summed E-state index contributed by atoms with van der Waals surface area (Å²) < 4.78 is 48.6. The van der Waals surface area contributed by atoms with Crippen LogP contribution < -0.4 is 10.6 Å². The number of benzene rings is 1. The van der Waals surface area contributed by atoms with Crippen molar-refractivity contribution in [1.29, 1.82) is 0 Å². The number of nitrogens with zero attached hydrogens (tertiary/aromatic N) is 6. The molecule has 1 amide bonds. The zero-order valence-electron chi connectivity index (χ0n) is 22.0. The summed E-state index contributed by atoms with van der Waals surface area (Å²) in [5.74, 6) is 0.0996. The largest absolute Gasteiger partial charge is 0.417 e. The Morgan fingerprint density at radius 1 is 1.18 bits per heavy atom. The number of hydrogen-bond acceptors (Lipinski definition) is 6. The van der Waals surface area contributed by atoms with Gasteiger partial charge in [0.15, 0.2) is 0 Å². The molecule has 6 rings (SSSR count). The summed E-state index contributed by atoms with van der Waals surface area (Å²) in [6.45, 7) is 6.64. The topological polar surface area (TPSA) is 104 Å². The number of anilines is 2. The Morgan fingerprint density at radius 2 is 1.98 bits per heavy atom. The minimum absolute atomic E-state index is 0.0222. The van der Waals surface area contributed by atoms with Crippen LogP contribution in [0.15, 0.2) is 48.9 Å². The van der Waals surface area contributed by atoms with Crippen molar-refractivity contribution in [3.05, 3.63) is 82.6 Å². The van der Waals surface area contributed by atoms with Gasteiger partial charge in [0.25, 0.3) is 5.91 Å². The molecule has 5 heterocycles. The molecule has 1 aromatic carbocycles. The number of aryl methyl sites for hydroxylation is 2. The molecule has 0 spiro atoms. The predicted octanol–water partition coefficient (Wildman–Crippen LogP) is 5.45. The second kappa shape index (κ2) is 9.33. The third kappa shape index (κ3) is 4.34. The number of pyridine rings is 2. The monoisotopic (exact) mass is 549 g/mol. The van der Waals surface area contributed by atoms with Crippen molar-refractivity contribution < 1.29 is 22.7 Å². The number of imidazole rings is 1. The summed E-state index contributed by atoms with van der Waals surface area (Å²) in [5.41, 5.74) is 10.2. The maximum atomic E-state index is 14.1. The van der Waals surface area contributed by atoms with Gasteiger partial charge in [-0.05, 0) is 56.7 Å². The lowest BCUT2D eigenvalue weighted by Crippen LogP contribution is -2.31. The molecule has 0 unspecified atom stereocenters. The molecule has 12 heteroatoms. The van der Waals surface area contributed by atoms with Crippen LogP contribution in [0, 0.1) is 6.92 Å². The number of ether oxygens (including phenoxy) is 1. The van der Waals surface area contributed by atoms with Crippen molar-refractivity contribution in [2.24, 2.45) is 0 Å². The van der Waals surface area contributed by atoms with Gasteiger partial charge in [-0.3, -0.25) is 14.4 Å². The molecule has 0 fully saturated rings. The van der Waals surface area contributed by atoms with Crippen LogP contribution in [-0.4, -0.2) is 30.1 Å². The Morgan fingerprint density at radius 3 is 2.70 bits per heavy atom. The first-order valence-corrected chi connectivity index (χ1v) is 12.8. The summed E-state index contributed by atoms with van der Waals surface area (Å²) in [7, 11) is 0. The van der Waals surface area contributed by atoms with Crippen molar-refractivity contribution in [1.82, 2.24) is 24.1 Å². The first-order chi connectivity index (χ1) is 19.0. The molecule has 0 saturated carbocycles. The van der Waals surface area contributed by atoms with E-state index in [9.17, 15) is 18.0 Å². The van der Waals surface area contributed by atoms with Crippen LogP contribution in [0.5, 0.6) is 0 Å². The number of nitrogen functional groups attached to an aromatic ring is 1. The highest BCUT2D eigenvalue weighted by Gasteiger charge is 2.31. The Bertz CT molecular complexity index is 1790. The molecule has 5 aromatic rings. The van der Waals surface area contributed by atoms with Gasteiger partial charge >= 0.3 is 6.18 Å². The van der Waals surface area contributed by atoms with Crippen LogP contribution in [0.4, 0.5) is 24.7 Å². The van der Waals surface area contributed by atoms with Crippen molar-refractivity contribution in [3.8, 4) is 0 Å². The highest BCUT2D eigenvalue weighted by atomic mass is 19.4. The van der Waals surface area contributed by atoms with E-state index in [0.717, 1.165) is 28.8 Å². The van der Waals surface area contributed by atoms with Gasteiger partial charge < -0.3 is 14.9 Å². The van der Waals surface area contributed by atoms with E-state index in [2.05, 4.69) is 15.1 Å².